The standard InChI is InChI=1S/C21H24O4/c1-21(2,3)14-18(25-20(23)17-12-8-5-9-13-17)15-24-19(22)16-10-6-4-7-11-16/h4-13,18H,14-15H2,1-3H3. The van der Waals surface area contributed by atoms with E-state index in [0.717, 1.165) is 0 Å². The molecule has 0 aromatic heterocycles. The predicted molar refractivity (Wildman–Crippen MR) is 96.4 cm³/mol. The van der Waals surface area contributed by atoms with E-state index in [1.54, 1.807) is 48.5 Å². The fourth-order valence-corrected chi connectivity index (χ4v) is 2.44. The molecule has 0 saturated heterocycles. The van der Waals surface area contributed by atoms with Crippen molar-refractivity contribution in [2.75, 3.05) is 6.61 Å². The fourth-order valence-electron chi connectivity index (χ4n) is 2.44. The molecular formula is C21H24O4. The maximum Gasteiger partial charge on any atom is 0.338 e. The summed E-state index contributed by atoms with van der Waals surface area (Å²) < 4.78 is 10.9. The van der Waals surface area contributed by atoms with Gasteiger partial charge in [-0.15, -0.1) is 0 Å². The van der Waals surface area contributed by atoms with Crippen LogP contribution >= 0.6 is 0 Å². The van der Waals surface area contributed by atoms with Crippen LogP contribution in [0, 0.1) is 5.41 Å². The second kappa shape index (κ2) is 8.47. The minimum atomic E-state index is -0.500. The van der Waals surface area contributed by atoms with Crippen LogP contribution in [0.25, 0.3) is 0 Å². The molecule has 0 radical (unpaired) electrons. The fraction of sp³-hybridized carbons (Fsp3) is 0.333. The van der Waals surface area contributed by atoms with E-state index in [1.807, 2.05) is 12.1 Å². The summed E-state index contributed by atoms with van der Waals surface area (Å²) in [7, 11) is 0. The van der Waals surface area contributed by atoms with Gasteiger partial charge in [0.25, 0.3) is 0 Å². The van der Waals surface area contributed by atoms with Gasteiger partial charge in [0.15, 0.2) is 0 Å². The van der Waals surface area contributed by atoms with E-state index < -0.39 is 18.0 Å². The molecule has 25 heavy (non-hydrogen) atoms. The molecule has 2 aromatic rings. The maximum absolute atomic E-state index is 12.3. The van der Waals surface area contributed by atoms with Crippen molar-refractivity contribution < 1.29 is 19.1 Å². The van der Waals surface area contributed by atoms with Crippen LogP contribution in [0.4, 0.5) is 0 Å². The Morgan fingerprint density at radius 3 is 1.80 bits per heavy atom. The van der Waals surface area contributed by atoms with E-state index in [-0.39, 0.29) is 12.0 Å². The second-order valence-corrected chi connectivity index (χ2v) is 7.12. The summed E-state index contributed by atoms with van der Waals surface area (Å²) in [6, 6.07) is 17.6. The average Bonchev–Trinajstić information content (AvgIpc) is 2.59. The lowest BCUT2D eigenvalue weighted by Gasteiger charge is -2.25. The quantitative estimate of drug-likeness (QED) is 0.726. The minimum Gasteiger partial charge on any atom is -0.458 e. The van der Waals surface area contributed by atoms with Gasteiger partial charge in [-0.3, -0.25) is 0 Å². The summed E-state index contributed by atoms with van der Waals surface area (Å²) in [5.41, 5.74) is 0.892. The molecule has 0 bridgehead atoms. The van der Waals surface area contributed by atoms with E-state index in [2.05, 4.69) is 20.8 Å². The summed E-state index contributed by atoms with van der Waals surface area (Å²) in [5, 5.41) is 0. The van der Waals surface area contributed by atoms with Gasteiger partial charge < -0.3 is 9.47 Å². The van der Waals surface area contributed by atoms with Crippen molar-refractivity contribution in [3.8, 4) is 0 Å². The number of benzene rings is 2. The third-order valence-electron chi connectivity index (χ3n) is 3.53. The Morgan fingerprint density at radius 1 is 0.840 bits per heavy atom. The lowest BCUT2D eigenvalue weighted by Crippen LogP contribution is -2.29. The molecule has 0 aliphatic rings. The van der Waals surface area contributed by atoms with Crippen LogP contribution in [-0.4, -0.2) is 24.6 Å². The Labute approximate surface area is 148 Å². The van der Waals surface area contributed by atoms with Crippen molar-refractivity contribution >= 4 is 11.9 Å². The highest BCUT2D eigenvalue weighted by Crippen LogP contribution is 2.23. The average molecular weight is 340 g/mol. The molecule has 0 spiro atoms. The summed E-state index contributed by atoms with van der Waals surface area (Å²) in [6.07, 6.45) is 0.0913. The molecule has 2 rings (SSSR count). The third kappa shape index (κ3) is 6.42. The molecule has 0 amide bonds. The Kier molecular flexibility index (Phi) is 6.34. The number of hydrogen-bond acceptors (Lipinski definition) is 4. The molecule has 0 aliphatic carbocycles. The zero-order chi connectivity index (χ0) is 18.3. The van der Waals surface area contributed by atoms with Crippen LogP contribution in [0.15, 0.2) is 60.7 Å². The van der Waals surface area contributed by atoms with Gasteiger partial charge in [-0.25, -0.2) is 9.59 Å². The molecule has 4 nitrogen and oxygen atoms in total. The Hall–Kier alpha value is -2.62. The van der Waals surface area contributed by atoms with Crippen molar-refractivity contribution in [3.63, 3.8) is 0 Å². The molecule has 0 saturated carbocycles. The molecular weight excluding hydrogens is 316 g/mol. The minimum absolute atomic E-state index is 0.0313. The molecule has 1 atom stereocenters. The first-order valence-electron chi connectivity index (χ1n) is 8.33. The molecule has 0 heterocycles. The van der Waals surface area contributed by atoms with Gasteiger partial charge >= 0.3 is 11.9 Å². The molecule has 1 unspecified atom stereocenters. The monoisotopic (exact) mass is 340 g/mol. The van der Waals surface area contributed by atoms with Gasteiger partial charge in [0.1, 0.15) is 12.7 Å². The van der Waals surface area contributed by atoms with Crippen LogP contribution in [0.2, 0.25) is 0 Å². The zero-order valence-corrected chi connectivity index (χ0v) is 14.9. The highest BCUT2D eigenvalue weighted by atomic mass is 16.6. The van der Waals surface area contributed by atoms with E-state index in [4.69, 9.17) is 9.47 Å². The number of hydrogen-bond donors (Lipinski definition) is 0. The Morgan fingerprint density at radius 2 is 1.32 bits per heavy atom. The number of ether oxygens (including phenoxy) is 2. The summed E-state index contributed by atoms with van der Waals surface area (Å²) >= 11 is 0. The normalized spacial score (nSPS) is 12.3. The van der Waals surface area contributed by atoms with Crippen LogP contribution in [0.5, 0.6) is 0 Å². The van der Waals surface area contributed by atoms with E-state index in [0.29, 0.717) is 17.5 Å². The number of carbonyl (C=O) groups is 2. The van der Waals surface area contributed by atoms with Crippen LogP contribution < -0.4 is 0 Å². The Bertz CT molecular complexity index is 687. The summed E-state index contributed by atoms with van der Waals surface area (Å²) in [5.74, 6) is -0.833. The first-order valence-corrected chi connectivity index (χ1v) is 8.33. The topological polar surface area (TPSA) is 52.6 Å². The van der Waals surface area contributed by atoms with Crippen LogP contribution in [-0.2, 0) is 9.47 Å². The van der Waals surface area contributed by atoms with Gasteiger partial charge in [0, 0.05) is 0 Å². The van der Waals surface area contributed by atoms with Crippen molar-refractivity contribution in [2.45, 2.75) is 33.3 Å². The van der Waals surface area contributed by atoms with Crippen molar-refractivity contribution in [1.82, 2.24) is 0 Å². The maximum atomic E-state index is 12.3. The summed E-state index contributed by atoms with van der Waals surface area (Å²) in [4.78, 5) is 24.4. The molecule has 2 aromatic carbocycles. The van der Waals surface area contributed by atoms with Gasteiger partial charge in [0.05, 0.1) is 11.1 Å². The first kappa shape index (κ1) is 18.7. The van der Waals surface area contributed by atoms with Crippen molar-refractivity contribution in [3.05, 3.63) is 71.8 Å². The van der Waals surface area contributed by atoms with Crippen molar-refractivity contribution in [1.29, 1.82) is 0 Å². The largest absolute Gasteiger partial charge is 0.458 e. The molecule has 132 valence electrons. The van der Waals surface area contributed by atoms with Crippen molar-refractivity contribution in [2.24, 2.45) is 5.41 Å². The highest BCUT2D eigenvalue weighted by molar-refractivity contribution is 5.90. The number of carbonyl (C=O) groups excluding carboxylic acids is 2. The molecule has 0 fully saturated rings. The highest BCUT2D eigenvalue weighted by Gasteiger charge is 2.24. The number of esters is 2. The van der Waals surface area contributed by atoms with E-state index in [1.165, 1.54) is 0 Å². The lowest BCUT2D eigenvalue weighted by atomic mass is 9.89. The van der Waals surface area contributed by atoms with Gasteiger partial charge in [-0.1, -0.05) is 57.2 Å². The molecule has 0 aliphatic heterocycles. The number of rotatable bonds is 6. The predicted octanol–water partition coefficient (Wildman–Crippen LogP) is 4.51. The second-order valence-electron chi connectivity index (χ2n) is 7.12. The van der Waals surface area contributed by atoms with Crippen LogP contribution in [0.1, 0.15) is 47.9 Å². The third-order valence-corrected chi connectivity index (χ3v) is 3.53. The van der Waals surface area contributed by atoms with Gasteiger partial charge in [-0.05, 0) is 36.1 Å². The van der Waals surface area contributed by atoms with Gasteiger partial charge in [-0.2, -0.15) is 0 Å². The molecule has 0 N–H and O–H groups in total. The van der Waals surface area contributed by atoms with Crippen LogP contribution in [0.3, 0.4) is 0 Å². The molecule has 4 heteroatoms. The first-order chi connectivity index (χ1) is 11.8. The van der Waals surface area contributed by atoms with E-state index in [9.17, 15) is 9.59 Å². The lowest BCUT2D eigenvalue weighted by molar-refractivity contribution is -0.0114. The SMILES string of the molecule is CC(C)(C)CC(COC(=O)c1ccccc1)OC(=O)c1ccccc1. The van der Waals surface area contributed by atoms with Gasteiger partial charge in [0.2, 0.25) is 0 Å². The zero-order valence-electron chi connectivity index (χ0n) is 14.9. The van der Waals surface area contributed by atoms with E-state index >= 15 is 0 Å². The Balaban J connectivity index is 2.00. The smallest absolute Gasteiger partial charge is 0.338 e. The summed E-state index contributed by atoms with van der Waals surface area (Å²) in [6.45, 7) is 6.18.